The number of hydrogen-bond acceptors (Lipinski definition) is 5. The Balaban J connectivity index is 2.07. The van der Waals surface area contributed by atoms with Gasteiger partial charge in [0.15, 0.2) is 11.5 Å². The van der Waals surface area contributed by atoms with Crippen LogP contribution < -0.4 is 19.5 Å². The molecule has 1 aliphatic rings. The first-order chi connectivity index (χ1) is 9.70. The lowest BCUT2D eigenvalue weighted by Gasteiger charge is -2.13. The van der Waals surface area contributed by atoms with E-state index in [1.165, 1.54) is 0 Å². The molecule has 110 valence electrons. The van der Waals surface area contributed by atoms with Crippen LogP contribution in [0.4, 0.5) is 0 Å². The molecule has 2 rings (SSSR count). The largest absolute Gasteiger partial charge is 0.488 e. The Kier molecular flexibility index (Phi) is 5.52. The predicted octanol–water partition coefficient (Wildman–Crippen LogP) is 2.28. The Hall–Kier alpha value is -1.43. The van der Waals surface area contributed by atoms with Gasteiger partial charge in [0.05, 0.1) is 6.61 Å². The molecule has 1 heterocycles. The molecule has 1 aliphatic heterocycles. The summed E-state index contributed by atoms with van der Waals surface area (Å²) >= 11 is 5.74. The first kappa shape index (κ1) is 15.0. The van der Waals surface area contributed by atoms with Crippen LogP contribution in [0, 0.1) is 0 Å². The zero-order chi connectivity index (χ0) is 14.4. The number of methoxy groups -OCH3 is 1. The highest BCUT2D eigenvalue weighted by molar-refractivity contribution is 6.29. The molecular weight excluding hydrogens is 282 g/mol. The average molecular weight is 300 g/mol. The van der Waals surface area contributed by atoms with Gasteiger partial charge in [0.2, 0.25) is 6.79 Å². The highest BCUT2D eigenvalue weighted by atomic mass is 35.5. The Bertz CT molecular complexity index is 478. The number of ether oxygens (including phenoxy) is 4. The van der Waals surface area contributed by atoms with Gasteiger partial charge in [-0.15, -0.1) is 0 Å². The van der Waals surface area contributed by atoms with Crippen LogP contribution in [0.25, 0.3) is 0 Å². The summed E-state index contributed by atoms with van der Waals surface area (Å²) in [6.45, 7) is 6.15. The van der Waals surface area contributed by atoms with Crippen LogP contribution in [-0.2, 0) is 11.3 Å². The Morgan fingerprint density at radius 1 is 1.40 bits per heavy atom. The molecule has 0 radical (unpaired) electrons. The summed E-state index contributed by atoms with van der Waals surface area (Å²) in [5.74, 6) is 2.12. The van der Waals surface area contributed by atoms with E-state index in [0.717, 1.165) is 17.9 Å². The monoisotopic (exact) mass is 299 g/mol. The van der Waals surface area contributed by atoms with E-state index in [9.17, 15) is 0 Å². The van der Waals surface area contributed by atoms with Crippen molar-refractivity contribution >= 4 is 11.6 Å². The summed E-state index contributed by atoms with van der Waals surface area (Å²) in [7, 11) is 1.67. The Morgan fingerprint density at radius 3 is 2.85 bits per heavy atom. The summed E-state index contributed by atoms with van der Waals surface area (Å²) in [5.41, 5.74) is 0.975. The van der Waals surface area contributed by atoms with Gasteiger partial charge >= 0.3 is 0 Å². The topological polar surface area (TPSA) is 49.0 Å². The van der Waals surface area contributed by atoms with Crippen molar-refractivity contribution < 1.29 is 18.9 Å². The number of rotatable bonds is 8. The SMILES string of the molecule is C=C(Cl)COc1cc2c(cc1CNCCOC)OCO2. The average Bonchev–Trinajstić information content (AvgIpc) is 2.87. The van der Waals surface area contributed by atoms with Gasteiger partial charge in [-0.1, -0.05) is 18.2 Å². The number of hydrogen-bond donors (Lipinski definition) is 1. The minimum atomic E-state index is 0.234. The maximum Gasteiger partial charge on any atom is 0.231 e. The Morgan fingerprint density at radius 2 is 2.15 bits per heavy atom. The van der Waals surface area contributed by atoms with Crippen molar-refractivity contribution in [2.24, 2.45) is 0 Å². The minimum absolute atomic E-state index is 0.234. The number of benzene rings is 1. The second-order valence-corrected chi connectivity index (χ2v) is 4.82. The fourth-order valence-electron chi connectivity index (χ4n) is 1.79. The van der Waals surface area contributed by atoms with Crippen LogP contribution in [0.15, 0.2) is 23.7 Å². The van der Waals surface area contributed by atoms with E-state index in [1.807, 2.05) is 12.1 Å². The second-order valence-electron chi connectivity index (χ2n) is 4.29. The summed E-state index contributed by atoms with van der Waals surface area (Å²) < 4.78 is 21.4. The van der Waals surface area contributed by atoms with E-state index in [1.54, 1.807) is 7.11 Å². The highest BCUT2D eigenvalue weighted by Gasteiger charge is 2.18. The van der Waals surface area contributed by atoms with Crippen molar-refractivity contribution in [2.75, 3.05) is 33.7 Å². The third-order valence-electron chi connectivity index (χ3n) is 2.74. The fourth-order valence-corrected chi connectivity index (χ4v) is 1.85. The van der Waals surface area contributed by atoms with E-state index in [0.29, 0.717) is 29.7 Å². The van der Waals surface area contributed by atoms with Crippen LogP contribution in [0.5, 0.6) is 17.2 Å². The van der Waals surface area contributed by atoms with Gasteiger partial charge in [-0.3, -0.25) is 0 Å². The molecule has 0 aromatic heterocycles. The summed E-state index contributed by atoms with van der Waals surface area (Å²) in [6.07, 6.45) is 0. The maximum absolute atomic E-state index is 5.74. The number of nitrogens with one attached hydrogen (secondary N) is 1. The predicted molar refractivity (Wildman–Crippen MR) is 76.6 cm³/mol. The van der Waals surface area contributed by atoms with Crippen LogP contribution >= 0.6 is 11.6 Å². The molecule has 1 aromatic rings. The fraction of sp³-hybridized carbons (Fsp3) is 0.429. The molecule has 1 N–H and O–H groups in total. The molecule has 6 heteroatoms. The van der Waals surface area contributed by atoms with E-state index < -0.39 is 0 Å². The molecule has 0 amide bonds. The van der Waals surface area contributed by atoms with Crippen molar-refractivity contribution in [3.8, 4) is 17.2 Å². The van der Waals surface area contributed by atoms with Crippen LogP contribution in [0.1, 0.15) is 5.56 Å². The molecule has 0 aliphatic carbocycles. The van der Waals surface area contributed by atoms with Gasteiger partial charge in [0, 0.05) is 36.9 Å². The van der Waals surface area contributed by atoms with Crippen molar-refractivity contribution in [1.82, 2.24) is 5.32 Å². The van der Waals surface area contributed by atoms with E-state index in [-0.39, 0.29) is 13.4 Å². The van der Waals surface area contributed by atoms with Crippen molar-refractivity contribution in [3.05, 3.63) is 29.3 Å². The summed E-state index contributed by atoms with van der Waals surface area (Å²) in [4.78, 5) is 0. The third-order valence-corrected chi connectivity index (χ3v) is 2.85. The lowest BCUT2D eigenvalue weighted by molar-refractivity contribution is 0.174. The quantitative estimate of drug-likeness (QED) is 0.746. The Labute approximate surface area is 123 Å². The third kappa shape index (κ3) is 4.03. The van der Waals surface area contributed by atoms with Gasteiger partial charge < -0.3 is 24.3 Å². The molecule has 0 spiro atoms. The van der Waals surface area contributed by atoms with E-state index in [4.69, 9.17) is 30.5 Å². The molecule has 20 heavy (non-hydrogen) atoms. The lowest BCUT2D eigenvalue weighted by Crippen LogP contribution is -2.19. The molecular formula is C14H18ClNO4. The van der Waals surface area contributed by atoms with Crippen LogP contribution in [0.2, 0.25) is 0 Å². The van der Waals surface area contributed by atoms with Crippen molar-refractivity contribution in [2.45, 2.75) is 6.54 Å². The molecule has 0 atom stereocenters. The van der Waals surface area contributed by atoms with Gasteiger partial charge in [0.25, 0.3) is 0 Å². The first-order valence-electron chi connectivity index (χ1n) is 6.29. The van der Waals surface area contributed by atoms with Gasteiger partial charge in [-0.05, 0) is 6.07 Å². The number of halogens is 1. The molecule has 0 saturated heterocycles. The van der Waals surface area contributed by atoms with Crippen LogP contribution in [0.3, 0.4) is 0 Å². The lowest BCUT2D eigenvalue weighted by atomic mass is 10.1. The molecule has 0 bridgehead atoms. The molecule has 0 unspecified atom stereocenters. The number of fused-ring (bicyclic) bond motifs is 1. The smallest absolute Gasteiger partial charge is 0.231 e. The standard InChI is InChI=1S/C14H18ClNO4/c1-10(15)8-18-12-6-14-13(19-9-20-14)5-11(12)7-16-3-4-17-2/h5-6,16H,1,3-4,7-9H2,2H3. The van der Waals surface area contributed by atoms with Crippen molar-refractivity contribution in [3.63, 3.8) is 0 Å². The van der Waals surface area contributed by atoms with Crippen molar-refractivity contribution in [1.29, 1.82) is 0 Å². The van der Waals surface area contributed by atoms with Gasteiger partial charge in [-0.2, -0.15) is 0 Å². The molecule has 0 saturated carbocycles. The minimum Gasteiger partial charge on any atom is -0.488 e. The van der Waals surface area contributed by atoms with E-state index in [2.05, 4.69) is 11.9 Å². The van der Waals surface area contributed by atoms with Crippen LogP contribution in [-0.4, -0.2) is 33.7 Å². The zero-order valence-corrected chi connectivity index (χ0v) is 12.2. The summed E-state index contributed by atoms with van der Waals surface area (Å²) in [5, 5.41) is 3.71. The highest BCUT2D eigenvalue weighted by Crippen LogP contribution is 2.38. The molecule has 0 fully saturated rings. The summed E-state index contributed by atoms with van der Waals surface area (Å²) in [6, 6.07) is 3.73. The first-order valence-corrected chi connectivity index (χ1v) is 6.66. The molecule has 5 nitrogen and oxygen atoms in total. The van der Waals surface area contributed by atoms with E-state index >= 15 is 0 Å². The normalized spacial score (nSPS) is 12.5. The molecule has 1 aromatic carbocycles. The maximum atomic E-state index is 5.74. The van der Waals surface area contributed by atoms with Gasteiger partial charge in [0.1, 0.15) is 12.4 Å². The second kappa shape index (κ2) is 7.38. The zero-order valence-electron chi connectivity index (χ0n) is 11.4. The van der Waals surface area contributed by atoms with Gasteiger partial charge in [-0.25, -0.2) is 0 Å².